The Balaban J connectivity index is 1.83. The number of aliphatic hydroxyl groups excluding tert-OH is 2. The number of hydrogen-bond acceptors (Lipinski definition) is 5. The summed E-state index contributed by atoms with van der Waals surface area (Å²) in [5, 5.41) is 31.7. The molecule has 7 atom stereocenters. The van der Waals surface area contributed by atoms with E-state index in [0.29, 0.717) is 30.4 Å². The van der Waals surface area contributed by atoms with Crippen molar-refractivity contribution in [1.82, 2.24) is 0 Å². The predicted molar refractivity (Wildman–Crippen MR) is 100 cm³/mol. The summed E-state index contributed by atoms with van der Waals surface area (Å²) in [6.45, 7) is 4.41. The first kappa shape index (κ1) is 19.9. The van der Waals surface area contributed by atoms with Gasteiger partial charge in [0.05, 0.1) is 6.10 Å². The number of aliphatic hydroxyl groups is 3. The van der Waals surface area contributed by atoms with Gasteiger partial charge >= 0.3 is 0 Å². The Hall–Kier alpha value is -1.37. The third-order valence-electron chi connectivity index (χ3n) is 8.70. The van der Waals surface area contributed by atoms with E-state index in [1.165, 1.54) is 6.08 Å². The van der Waals surface area contributed by atoms with Gasteiger partial charge in [-0.2, -0.15) is 0 Å². The molecule has 4 aliphatic carbocycles. The van der Waals surface area contributed by atoms with Gasteiger partial charge in [0.15, 0.2) is 17.2 Å². The number of Topliss-reactive ketones (excluding diaryl/α,β-unsaturated/α-hetero) is 1. The fourth-order valence-corrected chi connectivity index (χ4v) is 7.08. The van der Waals surface area contributed by atoms with Gasteiger partial charge in [-0.25, -0.2) is 4.39 Å². The van der Waals surface area contributed by atoms with Crippen molar-refractivity contribution in [3.05, 3.63) is 23.3 Å². The first-order valence-electron chi connectivity index (χ1n) is 10.1. The summed E-state index contributed by atoms with van der Waals surface area (Å²) in [6.07, 6.45) is 3.39. The second-order valence-corrected chi connectivity index (χ2v) is 9.70. The molecule has 0 aromatic carbocycles. The minimum atomic E-state index is -1.98. The van der Waals surface area contributed by atoms with Crippen molar-refractivity contribution < 1.29 is 29.3 Å². The van der Waals surface area contributed by atoms with E-state index in [1.807, 2.05) is 0 Å². The van der Waals surface area contributed by atoms with Crippen molar-refractivity contribution in [2.45, 2.75) is 70.2 Å². The second kappa shape index (κ2) is 5.83. The van der Waals surface area contributed by atoms with Crippen LogP contribution in [0.1, 0.15) is 52.9 Å². The zero-order valence-electron chi connectivity index (χ0n) is 16.7. The van der Waals surface area contributed by atoms with Crippen LogP contribution in [0.5, 0.6) is 0 Å². The lowest BCUT2D eigenvalue weighted by Gasteiger charge is -2.62. The smallest absolute Gasteiger partial charge is 0.190 e. The molecule has 3 N–H and O–H groups in total. The van der Waals surface area contributed by atoms with Crippen LogP contribution >= 0.6 is 0 Å². The lowest BCUT2D eigenvalue weighted by atomic mass is 9.44. The van der Waals surface area contributed by atoms with Gasteiger partial charge in [-0.05, 0) is 63.5 Å². The Morgan fingerprint density at radius 1 is 1.29 bits per heavy atom. The third-order valence-corrected chi connectivity index (χ3v) is 8.70. The quantitative estimate of drug-likeness (QED) is 0.669. The summed E-state index contributed by atoms with van der Waals surface area (Å²) in [6, 6.07) is 0. The SMILES string of the molecule is CC1=C[C@@]2(C)C(=CC1=O)CC[C@H]1[C@@H]3CC[C@](O)(C(=O)CO)[C@@]3(C)C[C@H](O)C12F. The average molecular weight is 392 g/mol. The largest absolute Gasteiger partial charge is 0.390 e. The third kappa shape index (κ3) is 2.06. The van der Waals surface area contributed by atoms with E-state index in [1.54, 1.807) is 26.8 Å². The standard InChI is InChI=1S/C22H29FO5/c1-12-9-19(2)13(8-16(12)25)4-5-15-14-6-7-21(28,18(27)11-24)20(14,3)10-17(26)22(15,19)23/h8-9,14-15,17,24,26,28H,4-7,10-11H2,1-3H3/t14-,15-,17-,19-,20-,21-,22?/m0/s1. The van der Waals surface area contributed by atoms with E-state index in [0.717, 1.165) is 0 Å². The molecule has 0 saturated heterocycles. The van der Waals surface area contributed by atoms with Crippen LogP contribution in [0.4, 0.5) is 4.39 Å². The number of fused-ring (bicyclic) bond motifs is 5. The molecule has 154 valence electrons. The molecule has 0 bridgehead atoms. The van der Waals surface area contributed by atoms with E-state index in [2.05, 4.69) is 0 Å². The fourth-order valence-electron chi connectivity index (χ4n) is 7.08. The molecule has 0 aliphatic heterocycles. The fraction of sp³-hybridized carbons (Fsp3) is 0.727. The highest BCUT2D eigenvalue weighted by Crippen LogP contribution is 2.69. The van der Waals surface area contributed by atoms with Gasteiger partial charge in [-0.15, -0.1) is 0 Å². The van der Waals surface area contributed by atoms with Crippen molar-refractivity contribution in [1.29, 1.82) is 0 Å². The maximum absolute atomic E-state index is 16.9. The van der Waals surface area contributed by atoms with Crippen LogP contribution in [-0.2, 0) is 9.59 Å². The molecule has 4 aliphatic rings. The Morgan fingerprint density at radius 2 is 1.96 bits per heavy atom. The van der Waals surface area contributed by atoms with Crippen LogP contribution in [0.25, 0.3) is 0 Å². The Kier molecular flexibility index (Phi) is 4.15. The second-order valence-electron chi connectivity index (χ2n) is 9.70. The number of carbonyl (C=O) groups is 2. The number of halogens is 1. The molecule has 0 radical (unpaired) electrons. The van der Waals surface area contributed by atoms with Crippen LogP contribution in [0.15, 0.2) is 23.3 Å². The monoisotopic (exact) mass is 392 g/mol. The average Bonchev–Trinajstić information content (AvgIpc) is 2.89. The highest BCUT2D eigenvalue weighted by atomic mass is 19.1. The van der Waals surface area contributed by atoms with Gasteiger partial charge in [0, 0.05) is 16.7 Å². The van der Waals surface area contributed by atoms with E-state index in [4.69, 9.17) is 0 Å². The predicted octanol–water partition coefficient (Wildman–Crippen LogP) is 2.04. The molecule has 1 unspecified atom stereocenters. The highest BCUT2D eigenvalue weighted by molar-refractivity contribution is 6.05. The summed E-state index contributed by atoms with van der Waals surface area (Å²) in [7, 11) is 0. The van der Waals surface area contributed by atoms with E-state index in [9.17, 15) is 24.9 Å². The van der Waals surface area contributed by atoms with Crippen molar-refractivity contribution in [2.24, 2.45) is 22.7 Å². The molecule has 0 heterocycles. The first-order valence-corrected chi connectivity index (χ1v) is 10.1. The summed E-state index contributed by atoms with van der Waals surface area (Å²) >= 11 is 0. The number of allylic oxidation sites excluding steroid dienone is 4. The van der Waals surface area contributed by atoms with Crippen LogP contribution in [0.2, 0.25) is 0 Å². The number of rotatable bonds is 2. The minimum absolute atomic E-state index is 0.0589. The molecular weight excluding hydrogens is 363 g/mol. The summed E-state index contributed by atoms with van der Waals surface area (Å²) in [5.41, 5.74) is -4.62. The lowest BCUT2D eigenvalue weighted by Crippen LogP contribution is -2.69. The molecule has 6 heteroatoms. The van der Waals surface area contributed by atoms with Gasteiger partial charge < -0.3 is 15.3 Å². The van der Waals surface area contributed by atoms with Crippen LogP contribution < -0.4 is 0 Å². The normalized spacial score (nSPS) is 50.2. The molecule has 28 heavy (non-hydrogen) atoms. The van der Waals surface area contributed by atoms with Gasteiger partial charge in [-0.1, -0.05) is 18.6 Å². The maximum atomic E-state index is 16.9. The number of carbonyl (C=O) groups excluding carboxylic acids is 2. The van der Waals surface area contributed by atoms with Crippen molar-refractivity contribution in [3.63, 3.8) is 0 Å². The summed E-state index contributed by atoms with van der Waals surface area (Å²) in [5.74, 6) is -1.60. The molecule has 3 saturated carbocycles. The molecule has 3 fully saturated rings. The summed E-state index contributed by atoms with van der Waals surface area (Å²) in [4.78, 5) is 24.5. The molecular formula is C22H29FO5. The Labute approximate surface area is 164 Å². The van der Waals surface area contributed by atoms with Crippen molar-refractivity contribution in [2.75, 3.05) is 6.61 Å². The van der Waals surface area contributed by atoms with Crippen molar-refractivity contribution in [3.8, 4) is 0 Å². The zero-order chi connectivity index (χ0) is 20.7. The molecule has 0 aromatic rings. The summed E-state index contributed by atoms with van der Waals surface area (Å²) < 4.78 is 16.9. The van der Waals surface area contributed by atoms with Crippen LogP contribution in [-0.4, -0.2) is 50.9 Å². The number of ketones is 2. The minimum Gasteiger partial charge on any atom is -0.390 e. The highest BCUT2D eigenvalue weighted by Gasteiger charge is 2.74. The van der Waals surface area contributed by atoms with E-state index in [-0.39, 0.29) is 24.5 Å². The molecule has 0 amide bonds. The molecule has 4 rings (SSSR count). The number of hydrogen-bond donors (Lipinski definition) is 3. The molecule has 0 aromatic heterocycles. The first-order chi connectivity index (χ1) is 13.0. The van der Waals surface area contributed by atoms with E-state index >= 15 is 4.39 Å². The van der Waals surface area contributed by atoms with Crippen LogP contribution in [0.3, 0.4) is 0 Å². The molecule has 5 nitrogen and oxygen atoms in total. The van der Waals surface area contributed by atoms with Gasteiger partial charge in [0.25, 0.3) is 0 Å². The van der Waals surface area contributed by atoms with E-state index < -0.39 is 46.5 Å². The lowest BCUT2D eigenvalue weighted by molar-refractivity contribution is -0.217. The topological polar surface area (TPSA) is 94.8 Å². The van der Waals surface area contributed by atoms with Crippen molar-refractivity contribution >= 4 is 11.6 Å². The van der Waals surface area contributed by atoms with Gasteiger partial charge in [0.1, 0.15) is 12.2 Å². The molecule has 0 spiro atoms. The number of alkyl halides is 1. The van der Waals surface area contributed by atoms with Gasteiger partial charge in [0.2, 0.25) is 0 Å². The van der Waals surface area contributed by atoms with Gasteiger partial charge in [-0.3, -0.25) is 9.59 Å². The Morgan fingerprint density at radius 3 is 2.61 bits per heavy atom. The zero-order valence-corrected chi connectivity index (χ0v) is 16.7. The van der Waals surface area contributed by atoms with Crippen LogP contribution in [0, 0.1) is 22.7 Å². The Bertz CT molecular complexity index is 818. The maximum Gasteiger partial charge on any atom is 0.190 e.